The standard InChI is InChI=1S/C32H46F6N2O/c1-2-3-4-5-6-7-8-9-10-11-12-13-14-15-16-17-18-19-22-41-27-24-39-30(40-25-27)28-21-20-26(31(33,34)35)23-29(28)32(36,37)38/h20-21,23-25H,2-19,22H2,1H3. The molecule has 0 aliphatic carbocycles. The van der Waals surface area contributed by atoms with E-state index in [4.69, 9.17) is 4.74 Å². The van der Waals surface area contributed by atoms with Gasteiger partial charge >= 0.3 is 12.4 Å². The van der Waals surface area contributed by atoms with E-state index >= 15 is 0 Å². The minimum atomic E-state index is -4.98. The predicted molar refractivity (Wildman–Crippen MR) is 152 cm³/mol. The van der Waals surface area contributed by atoms with Crippen molar-refractivity contribution in [3.8, 4) is 17.1 Å². The van der Waals surface area contributed by atoms with E-state index in [-0.39, 0.29) is 11.9 Å². The number of unbranched alkanes of at least 4 members (excludes halogenated alkanes) is 17. The molecule has 0 N–H and O–H groups in total. The Morgan fingerprint density at radius 2 is 1.02 bits per heavy atom. The maximum absolute atomic E-state index is 13.4. The van der Waals surface area contributed by atoms with Crippen LogP contribution < -0.4 is 4.74 Å². The van der Waals surface area contributed by atoms with Crippen molar-refractivity contribution in [2.75, 3.05) is 6.61 Å². The SMILES string of the molecule is CCCCCCCCCCCCCCCCCCCCOc1cnc(-c2ccc(C(F)(F)F)cc2C(F)(F)F)nc1. The first-order valence-corrected chi connectivity index (χ1v) is 15.4. The molecule has 0 fully saturated rings. The summed E-state index contributed by atoms with van der Waals surface area (Å²) >= 11 is 0. The smallest absolute Gasteiger partial charge is 0.417 e. The molecule has 9 heteroatoms. The average molecular weight is 589 g/mol. The van der Waals surface area contributed by atoms with E-state index in [0.29, 0.717) is 18.4 Å². The lowest BCUT2D eigenvalue weighted by Gasteiger charge is -2.15. The predicted octanol–water partition coefficient (Wildman–Crippen LogP) is 11.6. The van der Waals surface area contributed by atoms with Gasteiger partial charge in [0.2, 0.25) is 0 Å². The van der Waals surface area contributed by atoms with Crippen LogP contribution in [0.2, 0.25) is 0 Å². The van der Waals surface area contributed by atoms with Crippen LogP contribution >= 0.6 is 0 Å². The quantitative estimate of drug-likeness (QED) is 0.107. The largest absolute Gasteiger partial charge is 0.490 e. The number of ether oxygens (including phenoxy) is 1. The lowest BCUT2D eigenvalue weighted by Crippen LogP contribution is -2.12. The van der Waals surface area contributed by atoms with Crippen LogP contribution in [0, 0.1) is 0 Å². The number of hydrogen-bond donors (Lipinski definition) is 0. The summed E-state index contributed by atoms with van der Waals surface area (Å²) in [7, 11) is 0. The highest BCUT2D eigenvalue weighted by Crippen LogP contribution is 2.40. The molecule has 0 saturated heterocycles. The normalized spacial score (nSPS) is 12.2. The molecule has 1 aromatic heterocycles. The Kier molecular flexibility index (Phi) is 16.1. The van der Waals surface area contributed by atoms with Crippen molar-refractivity contribution >= 4 is 0 Å². The first-order chi connectivity index (χ1) is 19.6. The van der Waals surface area contributed by atoms with E-state index in [1.54, 1.807) is 0 Å². The fraction of sp³-hybridized carbons (Fsp3) is 0.688. The molecule has 0 spiro atoms. The van der Waals surface area contributed by atoms with E-state index in [1.807, 2.05) is 0 Å². The van der Waals surface area contributed by atoms with Crippen molar-refractivity contribution in [3.63, 3.8) is 0 Å². The summed E-state index contributed by atoms with van der Waals surface area (Å²) in [6, 6.07) is 1.43. The zero-order chi connectivity index (χ0) is 30.0. The molecule has 0 unspecified atom stereocenters. The number of hydrogen-bond acceptors (Lipinski definition) is 3. The number of rotatable bonds is 21. The Morgan fingerprint density at radius 3 is 1.44 bits per heavy atom. The van der Waals surface area contributed by atoms with Gasteiger partial charge in [-0.25, -0.2) is 9.97 Å². The van der Waals surface area contributed by atoms with Gasteiger partial charge in [0.05, 0.1) is 30.1 Å². The second-order valence-electron chi connectivity index (χ2n) is 10.9. The second kappa shape index (κ2) is 19.0. The lowest BCUT2D eigenvalue weighted by atomic mass is 10.0. The molecule has 0 bridgehead atoms. The molecule has 1 aromatic carbocycles. The monoisotopic (exact) mass is 588 g/mol. The maximum atomic E-state index is 13.4. The Morgan fingerprint density at radius 1 is 0.585 bits per heavy atom. The van der Waals surface area contributed by atoms with Gasteiger partial charge in [-0.2, -0.15) is 26.3 Å². The van der Waals surface area contributed by atoms with E-state index < -0.39 is 29.0 Å². The molecule has 41 heavy (non-hydrogen) atoms. The van der Waals surface area contributed by atoms with Gasteiger partial charge in [0, 0.05) is 5.56 Å². The van der Waals surface area contributed by atoms with E-state index in [2.05, 4.69) is 16.9 Å². The highest BCUT2D eigenvalue weighted by Gasteiger charge is 2.38. The van der Waals surface area contributed by atoms with E-state index in [1.165, 1.54) is 109 Å². The highest BCUT2D eigenvalue weighted by atomic mass is 19.4. The molecule has 232 valence electrons. The van der Waals surface area contributed by atoms with Crippen molar-refractivity contribution in [1.29, 1.82) is 0 Å². The molecule has 0 amide bonds. The minimum absolute atomic E-state index is 0.0851. The van der Waals surface area contributed by atoms with Crippen LogP contribution in [-0.4, -0.2) is 16.6 Å². The van der Waals surface area contributed by atoms with E-state index in [9.17, 15) is 26.3 Å². The molecule has 2 aromatic rings. The third kappa shape index (κ3) is 14.4. The van der Waals surface area contributed by atoms with Gasteiger partial charge in [-0.15, -0.1) is 0 Å². The topological polar surface area (TPSA) is 35.0 Å². The first-order valence-electron chi connectivity index (χ1n) is 15.4. The van der Waals surface area contributed by atoms with Gasteiger partial charge in [0.25, 0.3) is 0 Å². The minimum Gasteiger partial charge on any atom is -0.490 e. The fourth-order valence-corrected chi connectivity index (χ4v) is 4.87. The van der Waals surface area contributed by atoms with Crippen LogP contribution in [0.5, 0.6) is 5.75 Å². The Labute approximate surface area is 241 Å². The Bertz CT molecular complexity index is 960. The fourth-order valence-electron chi connectivity index (χ4n) is 4.87. The van der Waals surface area contributed by atoms with Crippen LogP contribution in [0.4, 0.5) is 26.3 Å². The summed E-state index contributed by atoms with van der Waals surface area (Å²) < 4.78 is 84.5. The zero-order valence-corrected chi connectivity index (χ0v) is 24.4. The van der Waals surface area contributed by atoms with Gasteiger partial charge < -0.3 is 4.74 Å². The summed E-state index contributed by atoms with van der Waals surface area (Å²) in [5.74, 6) is -0.00670. The zero-order valence-electron chi connectivity index (χ0n) is 24.4. The van der Waals surface area contributed by atoms with Crippen molar-refractivity contribution in [2.45, 2.75) is 135 Å². The Balaban J connectivity index is 1.54. The molecule has 0 saturated carbocycles. The summed E-state index contributed by atoms with van der Waals surface area (Å²) in [6.45, 7) is 2.70. The number of aromatic nitrogens is 2. The molecule has 0 radical (unpaired) electrons. The third-order valence-corrected chi connectivity index (χ3v) is 7.29. The van der Waals surface area contributed by atoms with Gasteiger partial charge in [0.1, 0.15) is 0 Å². The maximum Gasteiger partial charge on any atom is 0.417 e. The number of nitrogens with zero attached hydrogens (tertiary/aromatic N) is 2. The second-order valence-corrected chi connectivity index (χ2v) is 10.9. The lowest BCUT2D eigenvalue weighted by molar-refractivity contribution is -0.142. The van der Waals surface area contributed by atoms with Crippen molar-refractivity contribution in [3.05, 3.63) is 41.7 Å². The molecular weight excluding hydrogens is 542 g/mol. The van der Waals surface area contributed by atoms with Crippen LogP contribution in [0.1, 0.15) is 134 Å². The van der Waals surface area contributed by atoms with Crippen LogP contribution in [-0.2, 0) is 12.4 Å². The van der Waals surface area contributed by atoms with Gasteiger partial charge in [-0.1, -0.05) is 116 Å². The number of halogens is 6. The van der Waals surface area contributed by atoms with Gasteiger partial charge in [-0.05, 0) is 24.6 Å². The number of benzene rings is 1. The molecule has 0 atom stereocenters. The van der Waals surface area contributed by atoms with Crippen LogP contribution in [0.15, 0.2) is 30.6 Å². The van der Waals surface area contributed by atoms with Crippen molar-refractivity contribution in [2.24, 2.45) is 0 Å². The van der Waals surface area contributed by atoms with Crippen LogP contribution in [0.3, 0.4) is 0 Å². The molecule has 0 aliphatic heterocycles. The molecule has 2 rings (SSSR count). The van der Waals surface area contributed by atoms with Gasteiger partial charge in [-0.3, -0.25) is 0 Å². The summed E-state index contributed by atoms with van der Waals surface area (Å²) in [6.07, 6.45) is 15.8. The summed E-state index contributed by atoms with van der Waals surface area (Å²) in [5.41, 5.74) is -3.32. The highest BCUT2D eigenvalue weighted by molar-refractivity contribution is 5.62. The molecule has 1 heterocycles. The molecular formula is C32H46F6N2O. The van der Waals surface area contributed by atoms with Crippen molar-refractivity contribution < 1.29 is 31.1 Å². The van der Waals surface area contributed by atoms with Crippen molar-refractivity contribution in [1.82, 2.24) is 9.97 Å². The summed E-state index contributed by atoms with van der Waals surface area (Å²) in [5, 5.41) is 0. The van der Waals surface area contributed by atoms with Gasteiger partial charge in [0.15, 0.2) is 11.6 Å². The Hall–Kier alpha value is -2.32. The average Bonchev–Trinajstić information content (AvgIpc) is 2.93. The summed E-state index contributed by atoms with van der Waals surface area (Å²) in [4.78, 5) is 7.80. The van der Waals surface area contributed by atoms with E-state index in [0.717, 1.165) is 25.3 Å². The third-order valence-electron chi connectivity index (χ3n) is 7.29. The molecule has 0 aliphatic rings. The molecule has 3 nitrogen and oxygen atoms in total. The van der Waals surface area contributed by atoms with Crippen LogP contribution in [0.25, 0.3) is 11.4 Å². The number of alkyl halides is 6. The first kappa shape index (κ1) is 34.9.